The Balaban J connectivity index is 1.32. The van der Waals surface area contributed by atoms with Gasteiger partial charge in [-0.15, -0.1) is 0 Å². The Morgan fingerprint density at radius 3 is 2.89 bits per heavy atom. The highest BCUT2D eigenvalue weighted by Crippen LogP contribution is 2.36. The van der Waals surface area contributed by atoms with Crippen molar-refractivity contribution in [3.63, 3.8) is 0 Å². The molecule has 0 aliphatic carbocycles. The van der Waals surface area contributed by atoms with E-state index < -0.39 is 0 Å². The molecule has 6 heteroatoms. The van der Waals surface area contributed by atoms with Gasteiger partial charge in [-0.1, -0.05) is 18.2 Å². The first kappa shape index (κ1) is 18.5. The largest absolute Gasteiger partial charge is 0.491 e. The lowest BCUT2D eigenvalue weighted by atomic mass is 9.82. The van der Waals surface area contributed by atoms with Gasteiger partial charge in [0.25, 0.3) is 0 Å². The van der Waals surface area contributed by atoms with Crippen LogP contribution in [-0.2, 0) is 17.8 Å². The van der Waals surface area contributed by atoms with Crippen molar-refractivity contribution in [2.24, 2.45) is 0 Å². The highest BCUT2D eigenvalue weighted by molar-refractivity contribution is 5.33. The Labute approximate surface area is 160 Å². The van der Waals surface area contributed by atoms with Crippen LogP contribution in [-0.4, -0.2) is 57.6 Å². The number of piperidine rings is 1. The molecule has 1 N–H and O–H groups in total. The monoisotopic (exact) mass is 371 g/mol. The van der Waals surface area contributed by atoms with Crippen molar-refractivity contribution in [2.45, 2.75) is 50.5 Å². The van der Waals surface area contributed by atoms with Gasteiger partial charge in [-0.2, -0.15) is 0 Å². The highest BCUT2D eigenvalue weighted by Gasteiger charge is 2.43. The molecule has 6 nitrogen and oxygen atoms in total. The Morgan fingerprint density at radius 1 is 1.26 bits per heavy atom. The van der Waals surface area contributed by atoms with Crippen molar-refractivity contribution < 1.29 is 14.6 Å². The Morgan fingerprint density at radius 2 is 2.11 bits per heavy atom. The number of hydrogen-bond acceptors (Lipinski definition) is 5. The fourth-order valence-electron chi connectivity index (χ4n) is 4.17. The first-order valence-electron chi connectivity index (χ1n) is 9.96. The fraction of sp³-hybridized carbons (Fsp3) is 0.571. The van der Waals surface area contributed by atoms with Gasteiger partial charge in [0, 0.05) is 44.2 Å². The number of ether oxygens (including phenoxy) is 2. The van der Waals surface area contributed by atoms with Gasteiger partial charge in [-0.25, -0.2) is 4.98 Å². The quantitative estimate of drug-likeness (QED) is 0.845. The fourth-order valence-corrected chi connectivity index (χ4v) is 4.17. The SMILES string of the molecule is O[C@@H]1CCCOC12CCN(Cc1ccccc1OCCn1ccnc1)CC2. The molecule has 0 bridgehead atoms. The minimum Gasteiger partial charge on any atom is -0.491 e. The van der Waals surface area contributed by atoms with E-state index in [0.717, 1.165) is 64.2 Å². The molecule has 0 amide bonds. The molecular formula is C21H29N3O3. The van der Waals surface area contributed by atoms with Crippen molar-refractivity contribution in [3.05, 3.63) is 48.5 Å². The number of rotatable bonds is 6. The molecule has 0 unspecified atom stereocenters. The minimum absolute atomic E-state index is 0.310. The van der Waals surface area contributed by atoms with Gasteiger partial charge in [-0.3, -0.25) is 4.90 Å². The Hall–Kier alpha value is -1.89. The van der Waals surface area contributed by atoms with Crippen molar-refractivity contribution >= 4 is 0 Å². The Bertz CT molecular complexity index is 711. The molecule has 2 aliphatic heterocycles. The molecule has 27 heavy (non-hydrogen) atoms. The van der Waals surface area contributed by atoms with Crippen LogP contribution in [0.1, 0.15) is 31.2 Å². The maximum absolute atomic E-state index is 10.4. The zero-order valence-corrected chi connectivity index (χ0v) is 15.8. The van der Waals surface area contributed by atoms with E-state index in [9.17, 15) is 5.11 Å². The summed E-state index contributed by atoms with van der Waals surface area (Å²) < 4.78 is 14.1. The van der Waals surface area contributed by atoms with E-state index in [1.807, 2.05) is 22.9 Å². The summed E-state index contributed by atoms with van der Waals surface area (Å²) in [5, 5.41) is 10.4. The van der Waals surface area contributed by atoms with E-state index in [4.69, 9.17) is 9.47 Å². The summed E-state index contributed by atoms with van der Waals surface area (Å²) >= 11 is 0. The topological polar surface area (TPSA) is 59.8 Å². The van der Waals surface area contributed by atoms with Crippen LogP contribution < -0.4 is 4.74 Å². The number of aliphatic hydroxyl groups is 1. The summed E-state index contributed by atoms with van der Waals surface area (Å²) in [7, 11) is 0. The van der Waals surface area contributed by atoms with Crippen molar-refractivity contribution in [2.75, 3.05) is 26.3 Å². The molecule has 4 rings (SSSR count). The van der Waals surface area contributed by atoms with Crippen LogP contribution in [0.25, 0.3) is 0 Å². The second-order valence-electron chi connectivity index (χ2n) is 7.60. The van der Waals surface area contributed by atoms with Crippen LogP contribution in [0, 0.1) is 0 Å². The van der Waals surface area contributed by atoms with Gasteiger partial charge in [0.1, 0.15) is 12.4 Å². The van der Waals surface area contributed by atoms with Crippen LogP contribution in [0.2, 0.25) is 0 Å². The van der Waals surface area contributed by atoms with Gasteiger partial charge in [0.05, 0.1) is 24.6 Å². The van der Waals surface area contributed by atoms with E-state index in [1.54, 1.807) is 12.5 Å². The van der Waals surface area contributed by atoms with Gasteiger partial charge in [0.2, 0.25) is 0 Å². The zero-order chi connectivity index (χ0) is 18.5. The van der Waals surface area contributed by atoms with Crippen LogP contribution in [0.15, 0.2) is 43.0 Å². The molecule has 1 atom stereocenters. The van der Waals surface area contributed by atoms with E-state index in [1.165, 1.54) is 5.56 Å². The molecule has 3 heterocycles. The van der Waals surface area contributed by atoms with Gasteiger partial charge in [-0.05, 0) is 31.7 Å². The van der Waals surface area contributed by atoms with Crippen molar-refractivity contribution in [1.82, 2.24) is 14.5 Å². The second-order valence-corrected chi connectivity index (χ2v) is 7.60. The lowest BCUT2D eigenvalue weighted by Crippen LogP contribution is -2.55. The summed E-state index contributed by atoms with van der Waals surface area (Å²) in [5.74, 6) is 0.951. The molecule has 1 spiro atoms. The predicted molar refractivity (Wildman–Crippen MR) is 103 cm³/mol. The molecule has 0 saturated carbocycles. The summed E-state index contributed by atoms with van der Waals surface area (Å²) in [6.07, 6.45) is 8.86. The number of aromatic nitrogens is 2. The second kappa shape index (κ2) is 8.42. The average molecular weight is 371 g/mol. The molecule has 2 aliphatic rings. The van der Waals surface area contributed by atoms with Crippen LogP contribution in [0.4, 0.5) is 0 Å². The summed E-state index contributed by atoms with van der Waals surface area (Å²) in [6.45, 7) is 4.95. The van der Waals surface area contributed by atoms with Crippen LogP contribution >= 0.6 is 0 Å². The van der Waals surface area contributed by atoms with Gasteiger partial charge < -0.3 is 19.1 Å². The third-order valence-electron chi connectivity index (χ3n) is 5.85. The molecule has 2 aromatic rings. The number of nitrogens with zero attached hydrogens (tertiary/aromatic N) is 3. The lowest BCUT2D eigenvalue weighted by molar-refractivity contribution is -0.177. The molecule has 1 aromatic heterocycles. The van der Waals surface area contributed by atoms with Crippen LogP contribution in [0.5, 0.6) is 5.75 Å². The average Bonchev–Trinajstić information content (AvgIpc) is 3.21. The third kappa shape index (κ3) is 4.34. The van der Waals surface area contributed by atoms with E-state index >= 15 is 0 Å². The maximum atomic E-state index is 10.4. The zero-order valence-electron chi connectivity index (χ0n) is 15.8. The van der Waals surface area contributed by atoms with Gasteiger partial charge >= 0.3 is 0 Å². The number of imidazole rings is 1. The number of benzene rings is 1. The molecule has 1 aromatic carbocycles. The maximum Gasteiger partial charge on any atom is 0.123 e. The first-order chi connectivity index (χ1) is 13.3. The molecule has 2 fully saturated rings. The normalized spacial score (nSPS) is 22.8. The summed E-state index contributed by atoms with van der Waals surface area (Å²) in [5.41, 5.74) is 0.902. The summed E-state index contributed by atoms with van der Waals surface area (Å²) in [6, 6.07) is 8.27. The minimum atomic E-state index is -0.313. The Kier molecular flexibility index (Phi) is 5.76. The smallest absolute Gasteiger partial charge is 0.123 e. The van der Waals surface area contributed by atoms with Crippen molar-refractivity contribution in [1.29, 1.82) is 0 Å². The van der Waals surface area contributed by atoms with E-state index in [0.29, 0.717) is 6.61 Å². The van der Waals surface area contributed by atoms with Gasteiger partial charge in [0.15, 0.2) is 0 Å². The van der Waals surface area contributed by atoms with Crippen molar-refractivity contribution in [3.8, 4) is 5.75 Å². The summed E-state index contributed by atoms with van der Waals surface area (Å²) in [4.78, 5) is 6.50. The van der Waals surface area contributed by atoms with E-state index in [2.05, 4.69) is 22.0 Å². The lowest BCUT2D eigenvalue weighted by Gasteiger charge is -2.46. The molecule has 146 valence electrons. The van der Waals surface area contributed by atoms with Crippen LogP contribution in [0.3, 0.4) is 0 Å². The third-order valence-corrected chi connectivity index (χ3v) is 5.85. The number of para-hydroxylation sites is 1. The standard InChI is InChI=1S/C21H29N3O3/c25-20-6-3-14-27-21(20)7-10-23(11-8-21)16-18-4-1-2-5-19(18)26-15-13-24-12-9-22-17-24/h1-2,4-5,9,12,17,20,25H,3,6-8,10-11,13-16H2/t20-/m1/s1. The molecule has 2 saturated heterocycles. The first-order valence-corrected chi connectivity index (χ1v) is 9.96. The molecule has 0 radical (unpaired) electrons. The van der Waals surface area contributed by atoms with E-state index in [-0.39, 0.29) is 11.7 Å². The predicted octanol–water partition coefficient (Wildman–Crippen LogP) is 2.47. The number of likely N-dealkylation sites (tertiary alicyclic amines) is 1. The number of aliphatic hydroxyl groups excluding tert-OH is 1. The highest BCUT2D eigenvalue weighted by atomic mass is 16.5. The number of hydrogen-bond donors (Lipinski definition) is 1. The molecular weight excluding hydrogens is 342 g/mol.